The number of pyridine rings is 1. The van der Waals surface area contributed by atoms with E-state index in [0.29, 0.717) is 25.0 Å². The van der Waals surface area contributed by atoms with Gasteiger partial charge in [-0.05, 0) is 44.2 Å². The largest absolute Gasteiger partial charge is 0.314 e. The van der Waals surface area contributed by atoms with Crippen molar-refractivity contribution in [2.75, 3.05) is 19.6 Å². The van der Waals surface area contributed by atoms with E-state index in [0.717, 1.165) is 31.6 Å². The lowest BCUT2D eigenvalue weighted by Gasteiger charge is -2.34. The van der Waals surface area contributed by atoms with Gasteiger partial charge in [-0.15, -0.1) is 12.4 Å². The summed E-state index contributed by atoms with van der Waals surface area (Å²) >= 11 is 0. The molecule has 1 unspecified atom stereocenters. The second kappa shape index (κ2) is 7.21. The highest BCUT2D eigenvalue weighted by molar-refractivity contribution is 7.89. The number of hydrogen-bond donors (Lipinski definition) is 1. The van der Waals surface area contributed by atoms with Gasteiger partial charge in [0.15, 0.2) is 0 Å². The van der Waals surface area contributed by atoms with Gasteiger partial charge in [-0.3, -0.25) is 4.98 Å². The van der Waals surface area contributed by atoms with E-state index in [1.165, 1.54) is 23.3 Å². The van der Waals surface area contributed by atoms with Crippen LogP contribution in [0.1, 0.15) is 25.7 Å². The summed E-state index contributed by atoms with van der Waals surface area (Å²) in [6.07, 6.45) is 6.34. The molecule has 1 aromatic rings. The number of piperidine rings is 1. The van der Waals surface area contributed by atoms with E-state index in [-0.39, 0.29) is 17.3 Å². The van der Waals surface area contributed by atoms with Gasteiger partial charge in [0.25, 0.3) is 0 Å². The average molecular weight is 350 g/mol. The zero-order valence-corrected chi connectivity index (χ0v) is 13.9. The van der Waals surface area contributed by atoms with Crippen molar-refractivity contribution in [1.82, 2.24) is 14.6 Å². The molecule has 1 atom stereocenters. The molecule has 22 heavy (non-hydrogen) atoms. The molecule has 1 N–H and O–H groups in total. The highest BCUT2D eigenvalue weighted by Gasteiger charge is 2.33. The zero-order valence-electron chi connectivity index (χ0n) is 12.2. The third kappa shape index (κ3) is 3.59. The molecule has 2 saturated heterocycles. The van der Waals surface area contributed by atoms with Crippen LogP contribution in [-0.2, 0) is 10.0 Å². The SMILES string of the molecule is Cl.O=S(=O)(c1cncc(F)c1)N1CCC(C2CCCN2)CC1. The minimum atomic E-state index is -3.62. The molecule has 0 spiro atoms. The fourth-order valence-electron chi connectivity index (χ4n) is 3.31. The molecule has 0 saturated carbocycles. The normalized spacial score (nSPS) is 24.1. The predicted molar refractivity (Wildman–Crippen MR) is 84.0 cm³/mol. The molecule has 1 aromatic heterocycles. The van der Waals surface area contributed by atoms with Gasteiger partial charge in [-0.25, -0.2) is 12.8 Å². The smallest absolute Gasteiger partial charge is 0.244 e. The van der Waals surface area contributed by atoms with E-state index in [1.54, 1.807) is 0 Å². The lowest BCUT2D eigenvalue weighted by atomic mass is 9.89. The molecule has 0 aromatic carbocycles. The maximum Gasteiger partial charge on any atom is 0.244 e. The lowest BCUT2D eigenvalue weighted by molar-refractivity contribution is 0.234. The molecule has 124 valence electrons. The molecule has 0 aliphatic carbocycles. The first-order chi connectivity index (χ1) is 10.1. The number of aromatic nitrogens is 1. The molecule has 8 heteroatoms. The van der Waals surface area contributed by atoms with Crippen molar-refractivity contribution in [3.05, 3.63) is 24.3 Å². The van der Waals surface area contributed by atoms with Crippen LogP contribution >= 0.6 is 12.4 Å². The van der Waals surface area contributed by atoms with Crippen molar-refractivity contribution in [3.8, 4) is 0 Å². The molecule has 5 nitrogen and oxygen atoms in total. The van der Waals surface area contributed by atoms with Crippen LogP contribution in [-0.4, -0.2) is 43.4 Å². The third-order valence-electron chi connectivity index (χ3n) is 4.48. The summed E-state index contributed by atoms with van der Waals surface area (Å²) in [7, 11) is -3.62. The number of nitrogens with one attached hydrogen (secondary N) is 1. The van der Waals surface area contributed by atoms with E-state index in [4.69, 9.17) is 0 Å². The van der Waals surface area contributed by atoms with Crippen molar-refractivity contribution in [2.45, 2.75) is 36.6 Å². The van der Waals surface area contributed by atoms with E-state index in [2.05, 4.69) is 10.3 Å². The molecule has 0 bridgehead atoms. The molecule has 2 fully saturated rings. The summed E-state index contributed by atoms with van der Waals surface area (Å²) in [5, 5.41) is 3.49. The molecule has 2 aliphatic rings. The minimum Gasteiger partial charge on any atom is -0.314 e. The minimum absolute atomic E-state index is 0. The topological polar surface area (TPSA) is 62.3 Å². The van der Waals surface area contributed by atoms with E-state index in [9.17, 15) is 12.8 Å². The number of hydrogen-bond acceptors (Lipinski definition) is 4. The third-order valence-corrected chi connectivity index (χ3v) is 6.35. The summed E-state index contributed by atoms with van der Waals surface area (Å²) in [5.41, 5.74) is 0. The Morgan fingerprint density at radius 3 is 2.55 bits per heavy atom. The van der Waals surface area contributed by atoms with Crippen LogP contribution in [0.25, 0.3) is 0 Å². The van der Waals surface area contributed by atoms with Crippen LogP contribution in [0.4, 0.5) is 4.39 Å². The van der Waals surface area contributed by atoms with Gasteiger partial charge in [-0.2, -0.15) is 4.31 Å². The maximum absolute atomic E-state index is 13.2. The second-order valence-corrected chi connectivity index (χ2v) is 7.72. The van der Waals surface area contributed by atoms with E-state index < -0.39 is 15.8 Å². The van der Waals surface area contributed by atoms with Crippen LogP contribution in [0, 0.1) is 11.7 Å². The quantitative estimate of drug-likeness (QED) is 0.903. The van der Waals surface area contributed by atoms with Gasteiger partial charge in [0.1, 0.15) is 10.7 Å². The Kier molecular flexibility index (Phi) is 5.76. The Hall–Kier alpha value is -0.760. The first-order valence-corrected chi connectivity index (χ1v) is 8.85. The molecule has 3 rings (SSSR count). The summed E-state index contributed by atoms with van der Waals surface area (Å²) in [6, 6.07) is 1.57. The molecular formula is C14H21ClFN3O2S. The number of sulfonamides is 1. The Balaban J connectivity index is 0.00000176. The van der Waals surface area contributed by atoms with Crippen LogP contribution in [0.2, 0.25) is 0 Å². The Morgan fingerprint density at radius 2 is 1.95 bits per heavy atom. The van der Waals surface area contributed by atoms with Gasteiger partial charge in [0, 0.05) is 25.3 Å². The van der Waals surface area contributed by atoms with E-state index >= 15 is 0 Å². The summed E-state index contributed by atoms with van der Waals surface area (Å²) in [5.74, 6) is -0.0781. The average Bonchev–Trinajstić information content (AvgIpc) is 3.02. The highest BCUT2D eigenvalue weighted by Crippen LogP contribution is 2.28. The standard InChI is InChI=1S/C14H20FN3O2S.ClH/c15-12-8-13(10-16-9-12)21(19,20)18-6-3-11(4-7-18)14-2-1-5-17-14;/h8-11,14,17H,1-7H2;1H. The molecular weight excluding hydrogens is 329 g/mol. The molecule has 2 aliphatic heterocycles. The van der Waals surface area contributed by atoms with Crippen molar-refractivity contribution >= 4 is 22.4 Å². The summed E-state index contributed by atoms with van der Waals surface area (Å²) < 4.78 is 39.6. The van der Waals surface area contributed by atoms with Crippen LogP contribution in [0.3, 0.4) is 0 Å². The number of halogens is 2. The number of rotatable bonds is 3. The Labute approximate surface area is 136 Å². The first-order valence-electron chi connectivity index (χ1n) is 7.41. The van der Waals surface area contributed by atoms with Gasteiger partial charge in [-0.1, -0.05) is 0 Å². The second-order valence-electron chi connectivity index (χ2n) is 5.78. The number of nitrogens with zero attached hydrogens (tertiary/aromatic N) is 2. The van der Waals surface area contributed by atoms with Gasteiger partial charge in [0.2, 0.25) is 10.0 Å². The van der Waals surface area contributed by atoms with Crippen molar-refractivity contribution in [2.24, 2.45) is 5.92 Å². The summed E-state index contributed by atoms with van der Waals surface area (Å²) in [4.78, 5) is 3.58. The Bertz CT molecular complexity index is 600. The van der Waals surface area contributed by atoms with Crippen LogP contribution in [0.15, 0.2) is 23.4 Å². The maximum atomic E-state index is 13.2. The van der Waals surface area contributed by atoms with Crippen molar-refractivity contribution in [3.63, 3.8) is 0 Å². The Morgan fingerprint density at radius 1 is 1.23 bits per heavy atom. The van der Waals surface area contributed by atoms with Crippen molar-refractivity contribution < 1.29 is 12.8 Å². The molecule has 0 amide bonds. The van der Waals surface area contributed by atoms with Crippen LogP contribution in [0.5, 0.6) is 0 Å². The fraction of sp³-hybridized carbons (Fsp3) is 0.643. The van der Waals surface area contributed by atoms with Gasteiger partial charge in [0.05, 0.1) is 6.20 Å². The van der Waals surface area contributed by atoms with Gasteiger partial charge < -0.3 is 5.32 Å². The van der Waals surface area contributed by atoms with Crippen LogP contribution < -0.4 is 5.32 Å². The highest BCUT2D eigenvalue weighted by atomic mass is 35.5. The summed E-state index contributed by atoms with van der Waals surface area (Å²) in [6.45, 7) is 2.07. The monoisotopic (exact) mass is 349 g/mol. The molecule has 3 heterocycles. The molecule has 0 radical (unpaired) electrons. The fourth-order valence-corrected chi connectivity index (χ4v) is 4.76. The van der Waals surface area contributed by atoms with E-state index in [1.807, 2.05) is 0 Å². The lowest BCUT2D eigenvalue weighted by Crippen LogP contribution is -2.43. The predicted octanol–water partition coefficient (Wildman–Crippen LogP) is 1.80. The van der Waals surface area contributed by atoms with Gasteiger partial charge >= 0.3 is 0 Å². The zero-order chi connectivity index (χ0) is 14.9. The van der Waals surface area contributed by atoms with Crippen molar-refractivity contribution in [1.29, 1.82) is 0 Å². The first kappa shape index (κ1) is 17.6.